The van der Waals surface area contributed by atoms with Gasteiger partial charge in [-0.15, -0.1) is 0 Å². The van der Waals surface area contributed by atoms with Crippen molar-refractivity contribution in [2.75, 3.05) is 13.1 Å². The molecule has 0 radical (unpaired) electrons. The van der Waals surface area contributed by atoms with Crippen LogP contribution < -0.4 is 15.8 Å². The Balaban J connectivity index is 0.00000133. The quantitative estimate of drug-likeness (QED) is 0.404. The van der Waals surface area contributed by atoms with E-state index in [2.05, 4.69) is 5.32 Å². The number of fused-ring (bicyclic) bond motifs is 6. The lowest BCUT2D eigenvalue weighted by atomic mass is 9.74. The largest absolute Gasteiger partial charge is 0.508 e. The Bertz CT molecular complexity index is 1200. The number of nitrogens with one attached hydrogen (secondary N) is 1. The van der Waals surface area contributed by atoms with Crippen molar-refractivity contribution in [3.05, 3.63) is 82.1 Å². The van der Waals surface area contributed by atoms with Gasteiger partial charge in [0.25, 0.3) is 5.91 Å². The topological polar surface area (TPSA) is 131 Å². The summed E-state index contributed by atoms with van der Waals surface area (Å²) in [7, 11) is 0. The Morgan fingerprint density at radius 3 is 2.74 bits per heavy atom. The van der Waals surface area contributed by atoms with E-state index in [0.29, 0.717) is 59.7 Å². The number of aliphatic hydroxyl groups is 1. The molecule has 1 aliphatic carbocycles. The van der Waals surface area contributed by atoms with Crippen LogP contribution in [0.4, 0.5) is 0 Å². The maximum Gasteiger partial charge on any atom is 0.340 e. The van der Waals surface area contributed by atoms with Crippen molar-refractivity contribution in [2.45, 2.75) is 38.4 Å². The third-order valence-corrected chi connectivity index (χ3v) is 5.91. The van der Waals surface area contributed by atoms with Gasteiger partial charge in [-0.1, -0.05) is 26.0 Å². The van der Waals surface area contributed by atoms with Gasteiger partial charge in [-0.2, -0.15) is 0 Å². The van der Waals surface area contributed by atoms with Crippen molar-refractivity contribution >= 4 is 11.9 Å². The zero-order valence-electron chi connectivity index (χ0n) is 19.1. The first kappa shape index (κ1) is 23.5. The van der Waals surface area contributed by atoms with E-state index in [1.54, 1.807) is 30.4 Å². The lowest BCUT2D eigenvalue weighted by molar-refractivity contribution is 0.0195. The normalized spacial score (nSPS) is 21.5. The molecule has 3 aliphatic rings. The summed E-state index contributed by atoms with van der Waals surface area (Å²) in [6, 6.07) is 9.49. The Labute approximate surface area is 197 Å². The predicted molar refractivity (Wildman–Crippen MR) is 126 cm³/mol. The van der Waals surface area contributed by atoms with Crippen molar-refractivity contribution in [1.82, 2.24) is 5.32 Å². The standard InChI is InChI=1S/C24H22N2O6.C2H6/c25-8-1-9-26-22(29)13-2-5-17-16(10-13)23(30)32-24(17)18-6-3-14(27)11-20(18)31-21-12-15(28)4-7-19(21)24;1-2/h2-3,5-7,10-12,15,27-28H,1,4,8-9,25H2,(H,26,29);1-2H3. The van der Waals surface area contributed by atoms with E-state index in [4.69, 9.17) is 15.2 Å². The Hall–Kier alpha value is -3.62. The molecule has 1 spiro atoms. The molecule has 5 N–H and O–H groups in total. The highest BCUT2D eigenvalue weighted by Gasteiger charge is 2.55. The van der Waals surface area contributed by atoms with Gasteiger partial charge in [0.1, 0.15) is 17.3 Å². The number of ether oxygens (including phenoxy) is 2. The van der Waals surface area contributed by atoms with Gasteiger partial charge in [-0.25, -0.2) is 4.79 Å². The lowest BCUT2D eigenvalue weighted by Crippen LogP contribution is -2.37. The summed E-state index contributed by atoms with van der Waals surface area (Å²) in [5, 5.41) is 22.9. The van der Waals surface area contributed by atoms with Gasteiger partial charge in [-0.3, -0.25) is 4.79 Å². The third kappa shape index (κ3) is 3.74. The molecule has 2 unspecified atom stereocenters. The fraction of sp³-hybridized carbons (Fsp3) is 0.308. The van der Waals surface area contributed by atoms with Gasteiger partial charge in [0, 0.05) is 34.9 Å². The number of phenols is 1. The number of phenolic OH excluding ortho intramolecular Hbond substituents is 1. The first-order valence-corrected chi connectivity index (χ1v) is 11.4. The second-order valence-electron chi connectivity index (χ2n) is 7.96. The van der Waals surface area contributed by atoms with Crippen molar-refractivity contribution in [3.63, 3.8) is 0 Å². The van der Waals surface area contributed by atoms with Crippen LogP contribution in [0.5, 0.6) is 11.5 Å². The molecule has 0 fully saturated rings. The monoisotopic (exact) mass is 464 g/mol. The Morgan fingerprint density at radius 2 is 1.97 bits per heavy atom. The van der Waals surface area contributed by atoms with E-state index in [-0.39, 0.29) is 17.2 Å². The van der Waals surface area contributed by atoms with Gasteiger partial charge in [0.15, 0.2) is 5.60 Å². The molecule has 2 aliphatic heterocycles. The molecule has 1 amide bonds. The molecule has 0 aromatic heterocycles. The lowest BCUT2D eigenvalue weighted by Gasteiger charge is -2.39. The molecule has 0 bridgehead atoms. The predicted octanol–water partition coefficient (Wildman–Crippen LogP) is 2.88. The van der Waals surface area contributed by atoms with Crippen LogP contribution in [0.1, 0.15) is 58.5 Å². The van der Waals surface area contributed by atoms with E-state index < -0.39 is 17.7 Å². The summed E-state index contributed by atoms with van der Waals surface area (Å²) >= 11 is 0. The minimum Gasteiger partial charge on any atom is -0.508 e. The average Bonchev–Trinajstić information content (AvgIpc) is 3.12. The first-order chi connectivity index (χ1) is 16.4. The van der Waals surface area contributed by atoms with Gasteiger partial charge < -0.3 is 30.7 Å². The summed E-state index contributed by atoms with van der Waals surface area (Å²) in [6.07, 6.45) is 3.62. The maximum absolute atomic E-state index is 13.0. The van der Waals surface area contributed by atoms with Crippen molar-refractivity contribution in [1.29, 1.82) is 0 Å². The number of aromatic hydroxyl groups is 1. The number of carbonyl (C=O) groups excluding carboxylic acids is 2. The van der Waals surface area contributed by atoms with E-state index >= 15 is 0 Å². The molecule has 2 aromatic rings. The number of aliphatic hydroxyl groups excluding tert-OH is 1. The summed E-state index contributed by atoms with van der Waals surface area (Å²) in [4.78, 5) is 25.5. The average molecular weight is 465 g/mol. The first-order valence-electron chi connectivity index (χ1n) is 11.4. The highest BCUT2D eigenvalue weighted by atomic mass is 16.6. The zero-order chi connectivity index (χ0) is 24.5. The SMILES string of the molecule is CC.NCCCNC(=O)c1ccc2c(c1)C(=O)OC21C2=CCC(O)C=C2Oc2cc(O)ccc21. The third-order valence-electron chi connectivity index (χ3n) is 5.91. The highest BCUT2D eigenvalue weighted by molar-refractivity contribution is 6.01. The molecule has 2 heterocycles. The van der Waals surface area contributed by atoms with Crippen LogP contribution in [0.25, 0.3) is 0 Å². The minimum absolute atomic E-state index is 0.00247. The molecule has 8 heteroatoms. The van der Waals surface area contributed by atoms with Crippen molar-refractivity contribution < 1.29 is 29.3 Å². The summed E-state index contributed by atoms with van der Waals surface area (Å²) < 4.78 is 12.0. The second kappa shape index (κ2) is 9.32. The number of amides is 1. The van der Waals surface area contributed by atoms with Crippen molar-refractivity contribution in [2.24, 2.45) is 5.73 Å². The molecule has 0 saturated heterocycles. The second-order valence-corrected chi connectivity index (χ2v) is 7.96. The fourth-order valence-electron chi connectivity index (χ4n) is 4.44. The fourth-order valence-corrected chi connectivity index (χ4v) is 4.44. The number of hydrogen-bond acceptors (Lipinski definition) is 7. The van der Waals surface area contributed by atoms with E-state index in [1.807, 2.05) is 13.8 Å². The molecule has 2 aromatic carbocycles. The van der Waals surface area contributed by atoms with Crippen LogP contribution in [0.15, 0.2) is 59.9 Å². The summed E-state index contributed by atoms with van der Waals surface area (Å²) in [5.74, 6) is -0.174. The number of hydrogen-bond donors (Lipinski definition) is 4. The van der Waals surface area contributed by atoms with Gasteiger partial charge in [0.2, 0.25) is 0 Å². The number of rotatable bonds is 4. The van der Waals surface area contributed by atoms with Gasteiger partial charge in [0.05, 0.1) is 11.7 Å². The molecule has 2 atom stereocenters. The van der Waals surface area contributed by atoms with Crippen LogP contribution >= 0.6 is 0 Å². The van der Waals surface area contributed by atoms with Gasteiger partial charge in [-0.05, 0) is 49.7 Å². The van der Waals surface area contributed by atoms with Crippen LogP contribution in [0.2, 0.25) is 0 Å². The van der Waals surface area contributed by atoms with E-state index in [9.17, 15) is 19.8 Å². The van der Waals surface area contributed by atoms with E-state index in [1.165, 1.54) is 18.2 Å². The van der Waals surface area contributed by atoms with Crippen molar-refractivity contribution in [3.8, 4) is 11.5 Å². The van der Waals surface area contributed by atoms with E-state index in [0.717, 1.165) is 0 Å². The number of esters is 1. The summed E-state index contributed by atoms with van der Waals surface area (Å²) in [6.45, 7) is 4.91. The molecule has 5 rings (SSSR count). The zero-order valence-corrected chi connectivity index (χ0v) is 19.1. The highest BCUT2D eigenvalue weighted by Crippen LogP contribution is 2.56. The number of nitrogens with two attached hydrogens (primary N) is 1. The van der Waals surface area contributed by atoms with Crippen LogP contribution in [0, 0.1) is 0 Å². The molecule has 0 saturated carbocycles. The number of benzene rings is 2. The Morgan fingerprint density at radius 1 is 1.21 bits per heavy atom. The molecule has 34 heavy (non-hydrogen) atoms. The molecule has 178 valence electrons. The maximum atomic E-state index is 13.0. The molecule has 8 nitrogen and oxygen atoms in total. The molecular formula is C26H28N2O6. The molecular weight excluding hydrogens is 436 g/mol. The summed E-state index contributed by atoms with van der Waals surface area (Å²) in [5.41, 5.74) is 6.54. The van der Waals surface area contributed by atoms with Crippen LogP contribution in [-0.4, -0.2) is 41.3 Å². The van der Waals surface area contributed by atoms with Crippen LogP contribution in [-0.2, 0) is 10.3 Å². The smallest absolute Gasteiger partial charge is 0.340 e. The Kier molecular flexibility index (Phi) is 6.45. The van der Waals surface area contributed by atoms with Crippen LogP contribution in [0.3, 0.4) is 0 Å². The van der Waals surface area contributed by atoms with Gasteiger partial charge >= 0.3 is 5.97 Å². The number of carbonyl (C=O) groups is 2. The minimum atomic E-state index is -1.30.